The number of fused-ring (bicyclic) bond motifs is 1. The average molecular weight is 261 g/mol. The first-order valence-corrected chi connectivity index (χ1v) is 7.41. The summed E-state index contributed by atoms with van der Waals surface area (Å²) in [7, 11) is 1.71. The zero-order chi connectivity index (χ0) is 13.1. The van der Waals surface area contributed by atoms with E-state index in [2.05, 4.69) is 11.4 Å². The molecule has 3 nitrogen and oxygen atoms in total. The van der Waals surface area contributed by atoms with Crippen LogP contribution in [0.1, 0.15) is 43.7 Å². The van der Waals surface area contributed by atoms with E-state index in [9.17, 15) is 0 Å². The van der Waals surface area contributed by atoms with E-state index in [1.807, 2.05) is 12.1 Å². The number of benzene rings is 1. The number of hydrogen-bond acceptors (Lipinski definition) is 3. The molecule has 3 rings (SSSR count). The Hall–Kier alpha value is -1.22. The molecule has 19 heavy (non-hydrogen) atoms. The van der Waals surface area contributed by atoms with Crippen LogP contribution in [-0.4, -0.2) is 20.3 Å². The molecule has 0 saturated heterocycles. The van der Waals surface area contributed by atoms with Gasteiger partial charge in [0.15, 0.2) is 0 Å². The lowest BCUT2D eigenvalue weighted by Gasteiger charge is -2.29. The molecule has 1 aliphatic carbocycles. The molecule has 1 heterocycles. The van der Waals surface area contributed by atoms with Crippen molar-refractivity contribution in [2.45, 2.75) is 38.1 Å². The second-order valence-electron chi connectivity index (χ2n) is 5.63. The number of nitrogens with one attached hydrogen (secondary N) is 1. The normalized spacial score (nSPS) is 22.3. The topological polar surface area (TPSA) is 30.5 Å². The van der Waals surface area contributed by atoms with Crippen LogP contribution < -0.4 is 14.8 Å². The number of hydrogen-bond donors (Lipinski definition) is 1. The van der Waals surface area contributed by atoms with Crippen LogP contribution in [0.2, 0.25) is 0 Å². The maximum atomic E-state index is 5.72. The van der Waals surface area contributed by atoms with Crippen molar-refractivity contribution in [3.63, 3.8) is 0 Å². The Morgan fingerprint density at radius 3 is 2.95 bits per heavy atom. The van der Waals surface area contributed by atoms with Gasteiger partial charge in [-0.1, -0.05) is 19.3 Å². The highest BCUT2D eigenvalue weighted by Crippen LogP contribution is 2.35. The van der Waals surface area contributed by atoms with E-state index >= 15 is 0 Å². The van der Waals surface area contributed by atoms with Crippen LogP contribution in [-0.2, 0) is 0 Å². The van der Waals surface area contributed by atoms with Gasteiger partial charge in [0.05, 0.1) is 13.7 Å². The molecule has 1 N–H and O–H groups in total. The van der Waals surface area contributed by atoms with E-state index in [4.69, 9.17) is 9.47 Å². The monoisotopic (exact) mass is 261 g/mol. The van der Waals surface area contributed by atoms with Gasteiger partial charge in [-0.2, -0.15) is 0 Å². The quantitative estimate of drug-likeness (QED) is 0.882. The minimum atomic E-state index is 0.416. The summed E-state index contributed by atoms with van der Waals surface area (Å²) in [6, 6.07) is 6.51. The molecule has 1 saturated carbocycles. The predicted octanol–water partition coefficient (Wildman–Crippen LogP) is 3.30. The van der Waals surface area contributed by atoms with Gasteiger partial charge in [0.2, 0.25) is 0 Å². The Morgan fingerprint density at radius 2 is 2.21 bits per heavy atom. The van der Waals surface area contributed by atoms with Crippen molar-refractivity contribution >= 4 is 0 Å². The first-order valence-electron chi connectivity index (χ1n) is 7.41. The van der Waals surface area contributed by atoms with E-state index in [-0.39, 0.29) is 0 Å². The average Bonchev–Trinajstić information content (AvgIpc) is 2.41. The molecule has 0 spiro atoms. The van der Waals surface area contributed by atoms with Gasteiger partial charge in [0.1, 0.15) is 11.5 Å². The first-order chi connectivity index (χ1) is 9.36. The van der Waals surface area contributed by atoms with Crippen molar-refractivity contribution < 1.29 is 9.47 Å². The molecule has 1 aliphatic heterocycles. The Labute approximate surface area is 115 Å². The molecule has 1 unspecified atom stereocenters. The van der Waals surface area contributed by atoms with Gasteiger partial charge in [-0.25, -0.2) is 0 Å². The molecule has 0 radical (unpaired) electrons. The summed E-state index contributed by atoms with van der Waals surface area (Å²) >= 11 is 0. The van der Waals surface area contributed by atoms with Crippen molar-refractivity contribution in [2.75, 3.05) is 20.3 Å². The SMILES string of the molecule is COc1ccc2c(c1)C(NCCC1CCC1)CCO2. The van der Waals surface area contributed by atoms with Crippen LogP contribution in [0.4, 0.5) is 0 Å². The Balaban J connectivity index is 1.62. The Kier molecular flexibility index (Phi) is 3.92. The predicted molar refractivity (Wildman–Crippen MR) is 75.8 cm³/mol. The molecule has 0 aromatic heterocycles. The van der Waals surface area contributed by atoms with Gasteiger partial charge in [0.25, 0.3) is 0 Å². The standard InChI is InChI=1S/C16H23NO2/c1-18-13-5-6-16-14(11-13)15(8-10-19-16)17-9-7-12-3-2-4-12/h5-6,11-12,15,17H,2-4,7-10H2,1H3. The molecule has 104 valence electrons. The molecular formula is C16H23NO2. The highest BCUT2D eigenvalue weighted by Gasteiger charge is 2.23. The molecule has 3 heteroatoms. The number of rotatable bonds is 5. The van der Waals surface area contributed by atoms with E-state index in [1.165, 1.54) is 31.2 Å². The highest BCUT2D eigenvalue weighted by atomic mass is 16.5. The maximum Gasteiger partial charge on any atom is 0.124 e. The third-order valence-electron chi connectivity index (χ3n) is 4.42. The lowest BCUT2D eigenvalue weighted by atomic mass is 9.83. The maximum absolute atomic E-state index is 5.72. The van der Waals surface area contributed by atoms with E-state index < -0.39 is 0 Å². The number of ether oxygens (including phenoxy) is 2. The number of methoxy groups -OCH3 is 1. The van der Waals surface area contributed by atoms with Crippen LogP contribution in [0, 0.1) is 5.92 Å². The van der Waals surface area contributed by atoms with E-state index in [0.717, 1.165) is 37.0 Å². The van der Waals surface area contributed by atoms with Gasteiger partial charge < -0.3 is 14.8 Å². The van der Waals surface area contributed by atoms with Gasteiger partial charge in [0, 0.05) is 18.0 Å². The molecular weight excluding hydrogens is 238 g/mol. The van der Waals surface area contributed by atoms with Crippen LogP contribution >= 0.6 is 0 Å². The second-order valence-corrected chi connectivity index (χ2v) is 5.63. The summed E-state index contributed by atoms with van der Waals surface area (Å²) < 4.78 is 11.0. The van der Waals surface area contributed by atoms with Crippen LogP contribution in [0.3, 0.4) is 0 Å². The summed E-state index contributed by atoms with van der Waals surface area (Å²) in [6.07, 6.45) is 6.66. The molecule has 2 aliphatic rings. The minimum Gasteiger partial charge on any atom is -0.497 e. The third kappa shape index (κ3) is 2.86. The Bertz CT molecular complexity index is 429. The summed E-state index contributed by atoms with van der Waals surface area (Å²) in [6.45, 7) is 1.92. The summed E-state index contributed by atoms with van der Waals surface area (Å²) in [5.41, 5.74) is 1.25. The summed E-state index contributed by atoms with van der Waals surface area (Å²) in [4.78, 5) is 0. The van der Waals surface area contributed by atoms with Gasteiger partial charge in [-0.15, -0.1) is 0 Å². The zero-order valence-electron chi connectivity index (χ0n) is 11.7. The lowest BCUT2D eigenvalue weighted by Crippen LogP contribution is -2.29. The third-order valence-corrected chi connectivity index (χ3v) is 4.42. The van der Waals surface area contributed by atoms with Crippen molar-refractivity contribution in [1.82, 2.24) is 5.32 Å². The molecule has 1 atom stereocenters. The van der Waals surface area contributed by atoms with Crippen molar-refractivity contribution in [1.29, 1.82) is 0 Å². The fraction of sp³-hybridized carbons (Fsp3) is 0.625. The summed E-state index contributed by atoms with van der Waals surface area (Å²) in [5.74, 6) is 2.89. The smallest absolute Gasteiger partial charge is 0.124 e. The van der Waals surface area contributed by atoms with Crippen LogP contribution in [0.25, 0.3) is 0 Å². The fourth-order valence-electron chi connectivity index (χ4n) is 2.95. The van der Waals surface area contributed by atoms with Gasteiger partial charge in [-0.3, -0.25) is 0 Å². The van der Waals surface area contributed by atoms with Crippen molar-refractivity contribution in [2.24, 2.45) is 5.92 Å². The first kappa shape index (κ1) is 12.8. The summed E-state index contributed by atoms with van der Waals surface area (Å²) in [5, 5.41) is 3.69. The van der Waals surface area contributed by atoms with Gasteiger partial charge in [-0.05, 0) is 37.1 Å². The molecule has 1 aromatic rings. The molecule has 1 aromatic carbocycles. The molecule has 0 amide bonds. The second kappa shape index (κ2) is 5.83. The van der Waals surface area contributed by atoms with Crippen molar-refractivity contribution in [3.05, 3.63) is 23.8 Å². The fourth-order valence-corrected chi connectivity index (χ4v) is 2.95. The lowest BCUT2D eigenvalue weighted by molar-refractivity contribution is 0.241. The largest absolute Gasteiger partial charge is 0.497 e. The van der Waals surface area contributed by atoms with Crippen LogP contribution in [0.15, 0.2) is 18.2 Å². The Morgan fingerprint density at radius 1 is 1.32 bits per heavy atom. The van der Waals surface area contributed by atoms with Gasteiger partial charge >= 0.3 is 0 Å². The van der Waals surface area contributed by atoms with Crippen LogP contribution in [0.5, 0.6) is 11.5 Å². The zero-order valence-corrected chi connectivity index (χ0v) is 11.7. The van der Waals surface area contributed by atoms with E-state index in [1.54, 1.807) is 7.11 Å². The molecule has 1 fully saturated rings. The highest BCUT2D eigenvalue weighted by molar-refractivity contribution is 5.43. The van der Waals surface area contributed by atoms with E-state index in [0.29, 0.717) is 6.04 Å². The molecule has 0 bridgehead atoms. The minimum absolute atomic E-state index is 0.416. The van der Waals surface area contributed by atoms with Crippen molar-refractivity contribution in [3.8, 4) is 11.5 Å².